The SMILES string of the molecule is [N-]=[N+]=NCCOCCOCCOCCOCCN(CCOCCOCCOCCOCCN)CCOCCOCCOCCOCCN=[N+]=[N-]. The predicted molar refractivity (Wildman–Crippen MR) is 183 cm³/mol. The van der Waals surface area contributed by atoms with E-state index in [0.717, 1.165) is 19.6 Å². The topological polar surface area (TPSA) is 238 Å². The van der Waals surface area contributed by atoms with E-state index in [1.165, 1.54) is 0 Å². The smallest absolute Gasteiger partial charge is 0.0701 e. The van der Waals surface area contributed by atoms with Crippen molar-refractivity contribution in [1.82, 2.24) is 4.90 Å². The first-order valence-corrected chi connectivity index (χ1v) is 17.2. The van der Waals surface area contributed by atoms with Crippen LogP contribution in [0, 0.1) is 0 Å². The first-order chi connectivity index (χ1) is 24.8. The molecule has 0 aliphatic rings. The van der Waals surface area contributed by atoms with Gasteiger partial charge in [-0.15, -0.1) is 0 Å². The number of rotatable bonds is 44. The Morgan fingerprint density at radius 1 is 0.340 bits per heavy atom. The van der Waals surface area contributed by atoms with Crippen LogP contribution in [-0.4, -0.2) is 203 Å². The lowest BCUT2D eigenvalue weighted by molar-refractivity contribution is -0.0138. The lowest BCUT2D eigenvalue weighted by Crippen LogP contribution is -2.34. The Bertz CT molecular complexity index is 726. The van der Waals surface area contributed by atoms with E-state index in [9.17, 15) is 0 Å². The number of azide groups is 2. The van der Waals surface area contributed by atoms with Gasteiger partial charge in [0.2, 0.25) is 0 Å². The molecule has 0 bridgehead atoms. The van der Waals surface area contributed by atoms with E-state index in [1.54, 1.807) is 0 Å². The van der Waals surface area contributed by atoms with Crippen molar-refractivity contribution in [1.29, 1.82) is 0 Å². The van der Waals surface area contributed by atoms with E-state index in [4.69, 9.17) is 73.6 Å². The molecule has 0 atom stereocenters. The van der Waals surface area contributed by atoms with Gasteiger partial charge in [-0.25, -0.2) is 0 Å². The van der Waals surface area contributed by atoms with Crippen LogP contribution in [-0.2, 0) is 56.8 Å². The zero-order valence-corrected chi connectivity index (χ0v) is 29.8. The quantitative estimate of drug-likeness (QED) is 0.0400. The highest BCUT2D eigenvalue weighted by molar-refractivity contribution is 4.57. The lowest BCUT2D eigenvalue weighted by atomic mass is 10.4. The van der Waals surface area contributed by atoms with Crippen LogP contribution in [0.1, 0.15) is 0 Å². The van der Waals surface area contributed by atoms with Crippen LogP contribution < -0.4 is 5.73 Å². The van der Waals surface area contributed by atoms with Gasteiger partial charge in [-0.05, 0) is 11.1 Å². The molecule has 0 aliphatic carbocycles. The van der Waals surface area contributed by atoms with Crippen molar-refractivity contribution in [3.05, 3.63) is 20.9 Å². The maximum Gasteiger partial charge on any atom is 0.0701 e. The van der Waals surface area contributed by atoms with Gasteiger partial charge in [0, 0.05) is 49.1 Å². The summed E-state index contributed by atoms with van der Waals surface area (Å²) in [6, 6.07) is 0. The summed E-state index contributed by atoms with van der Waals surface area (Å²) in [5.41, 5.74) is 21.8. The average Bonchev–Trinajstić information content (AvgIpc) is 3.13. The molecule has 0 aromatic rings. The first-order valence-electron chi connectivity index (χ1n) is 17.2. The maximum absolute atomic E-state index is 8.20. The van der Waals surface area contributed by atoms with Gasteiger partial charge in [0.05, 0.1) is 159 Å². The molecule has 20 heteroatoms. The zero-order chi connectivity index (χ0) is 36.1. The highest BCUT2D eigenvalue weighted by Gasteiger charge is 2.06. The van der Waals surface area contributed by atoms with Crippen LogP contribution >= 0.6 is 0 Å². The molecule has 0 fully saturated rings. The van der Waals surface area contributed by atoms with Crippen LogP contribution in [0.2, 0.25) is 0 Å². The van der Waals surface area contributed by atoms with E-state index < -0.39 is 0 Å². The molecule has 0 radical (unpaired) electrons. The summed E-state index contributed by atoms with van der Waals surface area (Å²) >= 11 is 0. The fraction of sp³-hybridized carbons (Fsp3) is 1.00. The van der Waals surface area contributed by atoms with E-state index in [1.807, 2.05) is 0 Å². The standard InChI is InChI=1S/C30H62N8O12/c31-1-7-39-13-19-45-25-28-48-22-16-42-10-4-38(5-11-43-17-23-49-29-26-46-20-14-40-8-2-34-36-32)6-12-44-18-24-50-30-27-47-21-15-41-9-3-35-37-33/h1-31H2. The molecular formula is C30H62N8O12. The summed E-state index contributed by atoms with van der Waals surface area (Å²) in [7, 11) is 0. The average molecular weight is 727 g/mol. The molecule has 0 spiro atoms. The molecule has 0 aromatic carbocycles. The molecule has 0 unspecified atom stereocenters. The summed E-state index contributed by atoms with van der Waals surface area (Å²) in [6.45, 7) is 14.9. The van der Waals surface area contributed by atoms with Crippen molar-refractivity contribution in [2.24, 2.45) is 16.0 Å². The van der Waals surface area contributed by atoms with Crippen molar-refractivity contribution in [3.63, 3.8) is 0 Å². The molecule has 0 amide bonds. The Morgan fingerprint density at radius 2 is 0.560 bits per heavy atom. The fourth-order valence-electron chi connectivity index (χ4n) is 3.59. The molecule has 294 valence electrons. The second kappa shape index (κ2) is 45.1. The third-order valence-corrected chi connectivity index (χ3v) is 6.06. The van der Waals surface area contributed by atoms with Gasteiger partial charge in [0.15, 0.2) is 0 Å². The Hall–Kier alpha value is -1.94. The second-order valence-electron chi connectivity index (χ2n) is 9.89. The largest absolute Gasteiger partial charge is 0.379 e. The molecule has 0 saturated heterocycles. The Morgan fingerprint density at radius 3 is 0.800 bits per heavy atom. The number of nitrogens with two attached hydrogens (primary N) is 1. The van der Waals surface area contributed by atoms with E-state index in [0.29, 0.717) is 178 Å². The fourth-order valence-corrected chi connectivity index (χ4v) is 3.59. The highest BCUT2D eigenvalue weighted by Crippen LogP contribution is 1.93. The van der Waals surface area contributed by atoms with Crippen molar-refractivity contribution < 1.29 is 56.8 Å². The third kappa shape index (κ3) is 42.2. The van der Waals surface area contributed by atoms with Crippen LogP contribution in [0.25, 0.3) is 20.9 Å². The predicted octanol–water partition coefficient (Wildman–Crippen LogP) is 1.07. The van der Waals surface area contributed by atoms with Crippen molar-refractivity contribution >= 4 is 0 Å². The molecule has 0 heterocycles. The molecule has 50 heavy (non-hydrogen) atoms. The monoisotopic (exact) mass is 726 g/mol. The Labute approximate surface area is 296 Å². The van der Waals surface area contributed by atoms with Gasteiger partial charge in [0.1, 0.15) is 0 Å². The minimum absolute atomic E-state index is 0.314. The van der Waals surface area contributed by atoms with Gasteiger partial charge in [-0.1, -0.05) is 10.2 Å². The van der Waals surface area contributed by atoms with Crippen LogP contribution in [0.15, 0.2) is 10.2 Å². The summed E-state index contributed by atoms with van der Waals surface area (Å²) in [5, 5.41) is 6.78. The Balaban J connectivity index is 3.95. The van der Waals surface area contributed by atoms with Gasteiger partial charge in [0.25, 0.3) is 0 Å². The molecular weight excluding hydrogens is 664 g/mol. The lowest BCUT2D eigenvalue weighted by Gasteiger charge is -2.22. The van der Waals surface area contributed by atoms with Gasteiger partial charge in [-0.3, -0.25) is 4.90 Å². The molecule has 0 rings (SSSR count). The number of nitrogens with zero attached hydrogens (tertiary/aromatic N) is 7. The van der Waals surface area contributed by atoms with Crippen LogP contribution in [0.4, 0.5) is 0 Å². The molecule has 2 N–H and O–H groups in total. The van der Waals surface area contributed by atoms with Gasteiger partial charge >= 0.3 is 0 Å². The van der Waals surface area contributed by atoms with Crippen molar-refractivity contribution in [2.45, 2.75) is 0 Å². The minimum Gasteiger partial charge on any atom is -0.379 e. The molecule has 0 aromatic heterocycles. The molecule has 0 aliphatic heterocycles. The summed E-state index contributed by atoms with van der Waals surface area (Å²) in [5.74, 6) is 0. The van der Waals surface area contributed by atoms with E-state index in [-0.39, 0.29) is 0 Å². The van der Waals surface area contributed by atoms with Crippen LogP contribution in [0.5, 0.6) is 0 Å². The molecule has 20 nitrogen and oxygen atoms in total. The number of ether oxygens (including phenoxy) is 12. The normalized spacial score (nSPS) is 11.2. The van der Waals surface area contributed by atoms with Crippen molar-refractivity contribution in [2.75, 3.05) is 198 Å². The summed E-state index contributed by atoms with van der Waals surface area (Å²) in [6.07, 6.45) is 0. The third-order valence-electron chi connectivity index (χ3n) is 6.06. The van der Waals surface area contributed by atoms with E-state index in [2.05, 4.69) is 25.0 Å². The Kier molecular flexibility index (Phi) is 43.3. The number of hydrogen-bond donors (Lipinski definition) is 1. The molecule has 0 saturated carbocycles. The van der Waals surface area contributed by atoms with Crippen molar-refractivity contribution in [3.8, 4) is 0 Å². The zero-order valence-electron chi connectivity index (χ0n) is 29.8. The maximum atomic E-state index is 8.20. The van der Waals surface area contributed by atoms with E-state index >= 15 is 0 Å². The summed E-state index contributed by atoms with van der Waals surface area (Å²) in [4.78, 5) is 7.55. The minimum atomic E-state index is 0.314. The van der Waals surface area contributed by atoms with Gasteiger partial charge in [-0.2, -0.15) is 0 Å². The number of hydrogen-bond acceptors (Lipinski definition) is 16. The highest BCUT2D eigenvalue weighted by atomic mass is 16.6. The van der Waals surface area contributed by atoms with Crippen LogP contribution in [0.3, 0.4) is 0 Å². The first kappa shape index (κ1) is 48.1. The summed E-state index contributed by atoms with van der Waals surface area (Å²) < 4.78 is 66.0. The van der Waals surface area contributed by atoms with Gasteiger partial charge < -0.3 is 62.6 Å². The second-order valence-corrected chi connectivity index (χ2v) is 9.89.